The van der Waals surface area contributed by atoms with E-state index in [0.717, 1.165) is 9.87 Å². The number of anilines is 1. The Morgan fingerprint density at radius 2 is 1.62 bits per heavy atom. The molecule has 0 saturated heterocycles. The van der Waals surface area contributed by atoms with Crippen molar-refractivity contribution in [1.82, 2.24) is 10.2 Å². The number of para-hydroxylation sites is 1. The van der Waals surface area contributed by atoms with Crippen molar-refractivity contribution < 1.29 is 18.0 Å². The molecule has 0 aliphatic heterocycles. The van der Waals surface area contributed by atoms with Crippen LogP contribution in [-0.4, -0.2) is 44.3 Å². The summed E-state index contributed by atoms with van der Waals surface area (Å²) in [6.07, 6.45) is 0.317. The maximum Gasteiger partial charge on any atom is 0.264 e. The summed E-state index contributed by atoms with van der Waals surface area (Å²) in [5, 5.41) is 3.56. The lowest BCUT2D eigenvalue weighted by atomic mass is 10.1. The smallest absolute Gasteiger partial charge is 0.264 e. The standard InChI is InChI=1S/C29H33Cl2N3O4S/c1-5-26(29(36)32-6-2)33(18-22-13-14-23(30)17-25(22)31)28(35)19-34(27-10-8-7-9-21(27)4)39(37,38)24-15-11-20(3)12-16-24/h7-17,26H,5-6,18-19H2,1-4H3,(H,32,36). The first-order valence-electron chi connectivity index (χ1n) is 12.7. The number of hydrogen-bond acceptors (Lipinski definition) is 4. The molecule has 1 atom stereocenters. The Morgan fingerprint density at radius 1 is 0.949 bits per heavy atom. The summed E-state index contributed by atoms with van der Waals surface area (Å²) in [4.78, 5) is 28.5. The van der Waals surface area contributed by atoms with Gasteiger partial charge in [-0.25, -0.2) is 8.42 Å². The number of halogens is 2. The summed E-state index contributed by atoms with van der Waals surface area (Å²) in [6.45, 7) is 7.11. The maximum absolute atomic E-state index is 14.0. The quantitative estimate of drug-likeness (QED) is 0.308. The summed E-state index contributed by atoms with van der Waals surface area (Å²) < 4.78 is 28.9. The van der Waals surface area contributed by atoms with Crippen LogP contribution in [0.25, 0.3) is 0 Å². The highest BCUT2D eigenvalue weighted by Crippen LogP contribution is 2.28. The molecule has 0 aromatic heterocycles. The van der Waals surface area contributed by atoms with E-state index in [0.29, 0.717) is 39.8 Å². The van der Waals surface area contributed by atoms with Crippen LogP contribution >= 0.6 is 23.2 Å². The summed E-state index contributed by atoms with van der Waals surface area (Å²) in [7, 11) is -4.13. The molecule has 3 rings (SSSR count). The Bertz CT molecular complexity index is 1430. The van der Waals surface area contributed by atoms with Crippen LogP contribution in [-0.2, 0) is 26.2 Å². The lowest BCUT2D eigenvalue weighted by Crippen LogP contribution is -2.52. The molecule has 1 unspecified atom stereocenters. The highest BCUT2D eigenvalue weighted by Gasteiger charge is 2.34. The number of carbonyl (C=O) groups is 2. The van der Waals surface area contributed by atoms with Gasteiger partial charge >= 0.3 is 0 Å². The van der Waals surface area contributed by atoms with Gasteiger partial charge < -0.3 is 10.2 Å². The molecule has 0 aliphatic carbocycles. The molecule has 39 heavy (non-hydrogen) atoms. The zero-order chi connectivity index (χ0) is 28.7. The second-order valence-electron chi connectivity index (χ2n) is 9.19. The molecular weight excluding hydrogens is 557 g/mol. The van der Waals surface area contributed by atoms with E-state index in [1.54, 1.807) is 75.4 Å². The van der Waals surface area contributed by atoms with Crippen LogP contribution in [0.5, 0.6) is 0 Å². The molecule has 0 bridgehead atoms. The van der Waals surface area contributed by atoms with Gasteiger partial charge in [0.25, 0.3) is 10.0 Å². The SMILES string of the molecule is CCNC(=O)C(CC)N(Cc1ccc(Cl)cc1Cl)C(=O)CN(c1ccccc1C)S(=O)(=O)c1ccc(C)cc1. The predicted octanol–water partition coefficient (Wildman–Crippen LogP) is 5.75. The predicted molar refractivity (Wildman–Crippen MR) is 157 cm³/mol. The Balaban J connectivity index is 2.09. The van der Waals surface area contributed by atoms with Gasteiger partial charge in [0.05, 0.1) is 10.6 Å². The highest BCUT2D eigenvalue weighted by atomic mass is 35.5. The van der Waals surface area contributed by atoms with Gasteiger partial charge in [-0.15, -0.1) is 0 Å². The second kappa shape index (κ2) is 13.3. The Labute approximate surface area is 240 Å². The minimum Gasteiger partial charge on any atom is -0.355 e. The number of likely N-dealkylation sites (N-methyl/N-ethyl adjacent to an activating group) is 1. The largest absolute Gasteiger partial charge is 0.355 e. The van der Waals surface area contributed by atoms with Crippen molar-refractivity contribution >= 4 is 50.7 Å². The highest BCUT2D eigenvalue weighted by molar-refractivity contribution is 7.92. The Kier molecular flexibility index (Phi) is 10.4. The van der Waals surface area contributed by atoms with Crippen molar-refractivity contribution in [3.05, 3.63) is 93.5 Å². The monoisotopic (exact) mass is 589 g/mol. The van der Waals surface area contributed by atoms with E-state index in [1.807, 2.05) is 6.92 Å². The van der Waals surface area contributed by atoms with Gasteiger partial charge in [-0.1, -0.05) is 72.1 Å². The third-order valence-electron chi connectivity index (χ3n) is 6.36. The second-order valence-corrected chi connectivity index (χ2v) is 11.9. The van der Waals surface area contributed by atoms with Gasteiger partial charge in [0.2, 0.25) is 11.8 Å². The number of aryl methyl sites for hydroxylation is 2. The van der Waals surface area contributed by atoms with Gasteiger partial charge in [0.1, 0.15) is 12.6 Å². The molecule has 2 amide bonds. The van der Waals surface area contributed by atoms with E-state index in [4.69, 9.17) is 23.2 Å². The molecular formula is C29H33Cl2N3O4S. The zero-order valence-electron chi connectivity index (χ0n) is 22.4. The minimum absolute atomic E-state index is 0.00331. The van der Waals surface area contributed by atoms with E-state index < -0.39 is 28.5 Å². The first-order valence-corrected chi connectivity index (χ1v) is 14.8. The van der Waals surface area contributed by atoms with Crippen molar-refractivity contribution in [3.8, 4) is 0 Å². The normalized spacial score (nSPS) is 12.1. The first-order chi connectivity index (χ1) is 18.5. The van der Waals surface area contributed by atoms with E-state index in [1.165, 1.54) is 17.0 Å². The molecule has 0 aliphatic rings. The molecule has 10 heteroatoms. The average molecular weight is 591 g/mol. The fourth-order valence-electron chi connectivity index (χ4n) is 4.24. The average Bonchev–Trinajstić information content (AvgIpc) is 2.89. The lowest BCUT2D eigenvalue weighted by molar-refractivity contribution is -0.140. The number of rotatable bonds is 11. The van der Waals surface area contributed by atoms with Gasteiger partial charge in [0, 0.05) is 23.1 Å². The minimum atomic E-state index is -4.13. The lowest BCUT2D eigenvalue weighted by Gasteiger charge is -2.33. The van der Waals surface area contributed by atoms with Gasteiger partial charge in [0.15, 0.2) is 0 Å². The number of hydrogen-bond donors (Lipinski definition) is 1. The Hall–Kier alpha value is -3.07. The van der Waals surface area contributed by atoms with Crippen LogP contribution in [0.4, 0.5) is 5.69 Å². The molecule has 0 saturated carbocycles. The van der Waals surface area contributed by atoms with Crippen molar-refractivity contribution in [2.45, 2.75) is 51.6 Å². The fraction of sp³-hybridized carbons (Fsp3) is 0.310. The van der Waals surface area contributed by atoms with Crippen LogP contribution in [0.1, 0.15) is 37.0 Å². The molecule has 0 radical (unpaired) electrons. The van der Waals surface area contributed by atoms with E-state index in [-0.39, 0.29) is 17.3 Å². The molecule has 0 heterocycles. The summed E-state index contributed by atoms with van der Waals surface area (Å²) in [5.74, 6) is -0.875. The topological polar surface area (TPSA) is 86.8 Å². The number of carbonyl (C=O) groups excluding carboxylic acids is 2. The molecule has 0 fully saturated rings. The number of sulfonamides is 1. The van der Waals surface area contributed by atoms with Crippen LogP contribution < -0.4 is 9.62 Å². The number of amides is 2. The van der Waals surface area contributed by atoms with E-state index in [9.17, 15) is 18.0 Å². The zero-order valence-corrected chi connectivity index (χ0v) is 24.8. The molecule has 3 aromatic rings. The van der Waals surface area contributed by atoms with Gasteiger partial charge in [-0.2, -0.15) is 0 Å². The van der Waals surface area contributed by atoms with Gasteiger partial charge in [-0.3, -0.25) is 13.9 Å². The van der Waals surface area contributed by atoms with Crippen molar-refractivity contribution in [3.63, 3.8) is 0 Å². The van der Waals surface area contributed by atoms with Crippen molar-refractivity contribution in [1.29, 1.82) is 0 Å². The Morgan fingerprint density at radius 3 is 2.21 bits per heavy atom. The third kappa shape index (κ3) is 7.32. The van der Waals surface area contributed by atoms with Crippen LogP contribution in [0.2, 0.25) is 10.0 Å². The number of benzene rings is 3. The molecule has 3 aromatic carbocycles. The summed E-state index contributed by atoms with van der Waals surface area (Å²) in [5.41, 5.74) is 2.55. The fourth-order valence-corrected chi connectivity index (χ4v) is 6.19. The van der Waals surface area contributed by atoms with Crippen LogP contribution in [0.3, 0.4) is 0 Å². The van der Waals surface area contributed by atoms with E-state index in [2.05, 4.69) is 5.32 Å². The molecule has 7 nitrogen and oxygen atoms in total. The van der Waals surface area contributed by atoms with Gasteiger partial charge in [-0.05, 0) is 68.7 Å². The van der Waals surface area contributed by atoms with Crippen molar-refractivity contribution in [2.75, 3.05) is 17.4 Å². The molecule has 1 N–H and O–H groups in total. The summed E-state index contributed by atoms with van der Waals surface area (Å²) >= 11 is 12.5. The van der Waals surface area contributed by atoms with Crippen LogP contribution in [0, 0.1) is 13.8 Å². The van der Waals surface area contributed by atoms with E-state index >= 15 is 0 Å². The third-order valence-corrected chi connectivity index (χ3v) is 8.73. The van der Waals surface area contributed by atoms with Crippen molar-refractivity contribution in [2.24, 2.45) is 0 Å². The molecule has 0 spiro atoms. The van der Waals surface area contributed by atoms with Crippen LogP contribution in [0.15, 0.2) is 71.6 Å². The summed E-state index contributed by atoms with van der Waals surface area (Å²) in [6, 6.07) is 17.5. The molecule has 208 valence electrons. The number of nitrogens with zero attached hydrogens (tertiary/aromatic N) is 2. The number of nitrogens with one attached hydrogen (secondary N) is 1. The first kappa shape index (κ1) is 30.5. The maximum atomic E-state index is 14.0.